The van der Waals surface area contributed by atoms with Gasteiger partial charge in [0.15, 0.2) is 0 Å². The van der Waals surface area contributed by atoms with Crippen LogP contribution >= 0.6 is 15.9 Å². The van der Waals surface area contributed by atoms with Gasteiger partial charge < -0.3 is 15.4 Å². The molecule has 1 atom stereocenters. The molecule has 1 aromatic carbocycles. The molecule has 1 aliphatic rings. The molecule has 0 aliphatic carbocycles. The molecule has 1 fully saturated rings. The summed E-state index contributed by atoms with van der Waals surface area (Å²) in [5, 5.41) is 0. The van der Waals surface area contributed by atoms with Gasteiger partial charge in [-0.25, -0.2) is 0 Å². The third kappa shape index (κ3) is 3.70. The molecule has 0 saturated carbocycles. The van der Waals surface area contributed by atoms with E-state index in [1.165, 1.54) is 11.3 Å². The van der Waals surface area contributed by atoms with Crippen LogP contribution in [0.25, 0.3) is 0 Å². The van der Waals surface area contributed by atoms with E-state index in [1.54, 1.807) is 0 Å². The molecule has 1 aromatic rings. The second kappa shape index (κ2) is 6.55. The Hall–Kier alpha value is -0.580. The topological polar surface area (TPSA) is 38.5 Å². The molecule has 100 valence electrons. The summed E-state index contributed by atoms with van der Waals surface area (Å²) in [6, 6.07) is 6.75. The van der Waals surface area contributed by atoms with Crippen molar-refractivity contribution in [3.63, 3.8) is 0 Å². The first-order valence-electron chi connectivity index (χ1n) is 6.53. The molecule has 1 unspecified atom stereocenters. The second-order valence-corrected chi connectivity index (χ2v) is 5.77. The number of hydrogen-bond donors (Lipinski definition) is 1. The Morgan fingerprint density at radius 3 is 2.94 bits per heavy atom. The van der Waals surface area contributed by atoms with Crippen molar-refractivity contribution < 1.29 is 4.74 Å². The van der Waals surface area contributed by atoms with E-state index in [4.69, 9.17) is 10.5 Å². The fourth-order valence-corrected chi connectivity index (χ4v) is 2.97. The van der Waals surface area contributed by atoms with E-state index < -0.39 is 0 Å². The summed E-state index contributed by atoms with van der Waals surface area (Å²) in [6.45, 7) is 5.75. The van der Waals surface area contributed by atoms with Crippen LogP contribution in [-0.2, 0) is 11.2 Å². The van der Waals surface area contributed by atoms with Crippen molar-refractivity contribution in [1.29, 1.82) is 0 Å². The Kier molecular flexibility index (Phi) is 5.03. The van der Waals surface area contributed by atoms with Gasteiger partial charge >= 0.3 is 0 Å². The number of rotatable bonds is 3. The highest BCUT2D eigenvalue weighted by Gasteiger charge is 2.13. The van der Waals surface area contributed by atoms with Crippen LogP contribution in [0, 0.1) is 0 Å². The zero-order valence-corrected chi connectivity index (χ0v) is 12.4. The lowest BCUT2D eigenvalue weighted by Crippen LogP contribution is -2.26. The lowest BCUT2D eigenvalue weighted by molar-refractivity contribution is 0.152. The first kappa shape index (κ1) is 13.8. The van der Waals surface area contributed by atoms with E-state index in [1.807, 2.05) is 6.92 Å². The van der Waals surface area contributed by atoms with E-state index in [2.05, 4.69) is 39.0 Å². The van der Waals surface area contributed by atoms with E-state index in [0.717, 1.165) is 43.6 Å². The summed E-state index contributed by atoms with van der Waals surface area (Å²) in [4.78, 5) is 2.38. The summed E-state index contributed by atoms with van der Waals surface area (Å²) in [7, 11) is 0. The third-order valence-electron chi connectivity index (χ3n) is 3.13. The number of nitrogens with zero attached hydrogens (tertiary/aromatic N) is 1. The summed E-state index contributed by atoms with van der Waals surface area (Å²) >= 11 is 3.67. The molecule has 18 heavy (non-hydrogen) atoms. The molecular formula is C14H21BrN2O. The first-order chi connectivity index (χ1) is 8.66. The Morgan fingerprint density at radius 1 is 1.39 bits per heavy atom. The van der Waals surface area contributed by atoms with Gasteiger partial charge in [0.05, 0.1) is 12.3 Å². The second-order valence-electron chi connectivity index (χ2n) is 4.92. The average Bonchev–Trinajstić information content (AvgIpc) is 2.57. The standard InChI is InChI=1S/C14H21BrN2O/c1-11(16)9-12-3-4-14(13(15)10-12)17-5-2-7-18-8-6-17/h3-4,10-11H,2,5-9,16H2,1H3. The third-order valence-corrected chi connectivity index (χ3v) is 3.77. The summed E-state index contributed by atoms with van der Waals surface area (Å²) in [5.41, 5.74) is 8.38. The number of hydrogen-bond acceptors (Lipinski definition) is 3. The number of nitrogens with two attached hydrogens (primary N) is 1. The van der Waals surface area contributed by atoms with E-state index >= 15 is 0 Å². The molecule has 3 nitrogen and oxygen atoms in total. The van der Waals surface area contributed by atoms with Crippen molar-refractivity contribution >= 4 is 21.6 Å². The van der Waals surface area contributed by atoms with Gasteiger partial charge in [-0.15, -0.1) is 0 Å². The van der Waals surface area contributed by atoms with Crippen molar-refractivity contribution in [2.45, 2.75) is 25.8 Å². The molecule has 2 rings (SSSR count). The van der Waals surface area contributed by atoms with Crippen LogP contribution in [0.15, 0.2) is 22.7 Å². The maximum atomic E-state index is 5.83. The molecule has 0 bridgehead atoms. The Morgan fingerprint density at radius 2 is 2.22 bits per heavy atom. The van der Waals surface area contributed by atoms with Crippen molar-refractivity contribution in [3.8, 4) is 0 Å². The smallest absolute Gasteiger partial charge is 0.0641 e. The molecule has 0 amide bonds. The van der Waals surface area contributed by atoms with Gasteiger partial charge in [-0.05, 0) is 53.4 Å². The number of ether oxygens (including phenoxy) is 1. The SMILES string of the molecule is CC(N)Cc1ccc(N2CCCOCC2)c(Br)c1. The highest BCUT2D eigenvalue weighted by Crippen LogP contribution is 2.28. The van der Waals surface area contributed by atoms with Crippen molar-refractivity contribution in [2.24, 2.45) is 5.73 Å². The average molecular weight is 313 g/mol. The first-order valence-corrected chi connectivity index (χ1v) is 7.33. The number of halogens is 1. The molecule has 1 heterocycles. The van der Waals surface area contributed by atoms with E-state index in [9.17, 15) is 0 Å². The van der Waals surface area contributed by atoms with E-state index in [-0.39, 0.29) is 6.04 Å². The monoisotopic (exact) mass is 312 g/mol. The predicted octanol–water partition coefficient (Wildman–Crippen LogP) is 2.57. The lowest BCUT2D eigenvalue weighted by Gasteiger charge is -2.23. The highest BCUT2D eigenvalue weighted by molar-refractivity contribution is 9.10. The Balaban J connectivity index is 2.12. The summed E-state index contributed by atoms with van der Waals surface area (Å²) in [5.74, 6) is 0. The van der Waals surface area contributed by atoms with Crippen LogP contribution in [-0.4, -0.2) is 32.3 Å². The minimum absolute atomic E-state index is 0.203. The van der Waals surface area contributed by atoms with Gasteiger partial charge in [0.2, 0.25) is 0 Å². The largest absolute Gasteiger partial charge is 0.380 e. The fourth-order valence-electron chi connectivity index (χ4n) is 2.29. The Labute approximate surface area is 117 Å². The molecule has 0 aromatic heterocycles. The maximum Gasteiger partial charge on any atom is 0.0641 e. The predicted molar refractivity (Wildman–Crippen MR) is 79.1 cm³/mol. The summed E-state index contributed by atoms with van der Waals surface area (Å²) < 4.78 is 6.64. The molecule has 4 heteroatoms. The van der Waals surface area contributed by atoms with Gasteiger partial charge in [-0.3, -0.25) is 0 Å². The van der Waals surface area contributed by atoms with Crippen LogP contribution in [0.1, 0.15) is 18.9 Å². The molecule has 0 spiro atoms. The lowest BCUT2D eigenvalue weighted by atomic mass is 10.1. The molecule has 2 N–H and O–H groups in total. The highest BCUT2D eigenvalue weighted by atomic mass is 79.9. The fraction of sp³-hybridized carbons (Fsp3) is 0.571. The Bertz CT molecular complexity index is 387. The van der Waals surface area contributed by atoms with Crippen LogP contribution < -0.4 is 10.6 Å². The minimum Gasteiger partial charge on any atom is -0.380 e. The van der Waals surface area contributed by atoms with Crippen molar-refractivity contribution in [3.05, 3.63) is 28.2 Å². The number of anilines is 1. The van der Waals surface area contributed by atoms with Gasteiger partial charge in [0.1, 0.15) is 0 Å². The zero-order valence-electron chi connectivity index (χ0n) is 10.9. The normalized spacial score (nSPS) is 18.5. The van der Waals surface area contributed by atoms with Crippen molar-refractivity contribution in [2.75, 3.05) is 31.2 Å². The quantitative estimate of drug-likeness (QED) is 0.932. The van der Waals surface area contributed by atoms with Crippen LogP contribution in [0.3, 0.4) is 0 Å². The maximum absolute atomic E-state index is 5.83. The molecule has 0 radical (unpaired) electrons. The van der Waals surface area contributed by atoms with Crippen LogP contribution in [0.5, 0.6) is 0 Å². The minimum atomic E-state index is 0.203. The molecule has 1 aliphatic heterocycles. The van der Waals surface area contributed by atoms with Crippen molar-refractivity contribution in [1.82, 2.24) is 0 Å². The van der Waals surface area contributed by atoms with Gasteiger partial charge in [0.25, 0.3) is 0 Å². The number of benzene rings is 1. The van der Waals surface area contributed by atoms with E-state index in [0.29, 0.717) is 0 Å². The molecular weight excluding hydrogens is 292 g/mol. The van der Waals surface area contributed by atoms with Crippen LogP contribution in [0.2, 0.25) is 0 Å². The summed E-state index contributed by atoms with van der Waals surface area (Å²) in [6.07, 6.45) is 2.01. The zero-order chi connectivity index (χ0) is 13.0. The van der Waals surface area contributed by atoms with Gasteiger partial charge in [0, 0.05) is 30.2 Å². The van der Waals surface area contributed by atoms with Crippen LogP contribution in [0.4, 0.5) is 5.69 Å². The van der Waals surface area contributed by atoms with Gasteiger partial charge in [-0.1, -0.05) is 6.07 Å². The molecule has 1 saturated heterocycles. The van der Waals surface area contributed by atoms with Gasteiger partial charge in [-0.2, -0.15) is 0 Å².